The summed E-state index contributed by atoms with van der Waals surface area (Å²) in [6.07, 6.45) is 72.5. The third-order valence-corrected chi connectivity index (χ3v) is 11.5. The smallest absolute Gasteiger partial charge is 0.306 e. The van der Waals surface area contributed by atoms with Gasteiger partial charge in [-0.2, -0.15) is 0 Å². The molecular formula is C61H102O6. The van der Waals surface area contributed by atoms with Crippen LogP contribution in [0.3, 0.4) is 0 Å². The topological polar surface area (TPSA) is 78.9 Å². The van der Waals surface area contributed by atoms with Gasteiger partial charge in [0.05, 0.1) is 0 Å². The van der Waals surface area contributed by atoms with Crippen molar-refractivity contribution in [1.29, 1.82) is 0 Å². The highest BCUT2D eigenvalue weighted by Crippen LogP contribution is 2.13. The number of ether oxygens (including phenoxy) is 3. The number of hydrogen-bond donors (Lipinski definition) is 0. The third kappa shape index (κ3) is 53.2. The number of carbonyl (C=O) groups is 3. The molecule has 6 heteroatoms. The predicted octanol–water partition coefficient (Wildman–Crippen LogP) is 18.5. The molecule has 0 aromatic heterocycles. The second-order valence-electron chi connectivity index (χ2n) is 18.1. The molecule has 67 heavy (non-hydrogen) atoms. The number of esters is 3. The molecule has 0 aliphatic heterocycles. The highest BCUT2D eigenvalue weighted by atomic mass is 16.6. The van der Waals surface area contributed by atoms with E-state index >= 15 is 0 Å². The Bertz CT molecular complexity index is 1350. The lowest BCUT2D eigenvalue weighted by atomic mass is 10.1. The SMILES string of the molecule is CCCCC/C=C\C/C=C\C/C=C\CCCCC(=O)O[C@@H](COC(=O)CCC/C=C\C/C=C\C/C=C\CCCCCCCC)COC(=O)CCCCCCCCC/C=C\C/C=C\CCCCC. The fourth-order valence-electron chi connectivity index (χ4n) is 7.32. The molecular weight excluding hydrogens is 829 g/mol. The van der Waals surface area contributed by atoms with E-state index in [0.717, 1.165) is 77.0 Å². The van der Waals surface area contributed by atoms with Gasteiger partial charge >= 0.3 is 17.9 Å². The third-order valence-electron chi connectivity index (χ3n) is 11.5. The Morgan fingerprint density at radius 3 is 0.955 bits per heavy atom. The normalized spacial score (nSPS) is 12.8. The van der Waals surface area contributed by atoms with Crippen LogP contribution in [0.25, 0.3) is 0 Å². The zero-order chi connectivity index (χ0) is 48.6. The Balaban J connectivity index is 4.53. The molecule has 0 aromatic carbocycles. The van der Waals surface area contributed by atoms with Crippen LogP contribution in [0.1, 0.15) is 252 Å². The number of unbranched alkanes of at least 4 members (excludes halogenated alkanes) is 22. The monoisotopic (exact) mass is 931 g/mol. The lowest BCUT2D eigenvalue weighted by Gasteiger charge is -2.18. The molecule has 0 unspecified atom stereocenters. The average molecular weight is 931 g/mol. The van der Waals surface area contributed by atoms with Crippen LogP contribution >= 0.6 is 0 Å². The van der Waals surface area contributed by atoms with Crippen LogP contribution in [0.5, 0.6) is 0 Å². The highest BCUT2D eigenvalue weighted by molar-refractivity contribution is 5.71. The molecule has 382 valence electrons. The van der Waals surface area contributed by atoms with Crippen molar-refractivity contribution in [3.63, 3.8) is 0 Å². The molecule has 0 saturated heterocycles. The number of allylic oxidation sites excluding steroid dienone is 16. The number of rotatable bonds is 49. The summed E-state index contributed by atoms with van der Waals surface area (Å²) in [5, 5.41) is 0. The first-order valence-electron chi connectivity index (χ1n) is 27.7. The van der Waals surface area contributed by atoms with Gasteiger partial charge in [-0.1, -0.05) is 208 Å². The van der Waals surface area contributed by atoms with E-state index in [9.17, 15) is 14.4 Å². The molecule has 0 spiro atoms. The van der Waals surface area contributed by atoms with Gasteiger partial charge < -0.3 is 14.2 Å². The first-order chi connectivity index (χ1) is 33.0. The summed E-state index contributed by atoms with van der Waals surface area (Å²) in [6.45, 7) is 6.49. The molecule has 0 radical (unpaired) electrons. The van der Waals surface area contributed by atoms with Crippen molar-refractivity contribution >= 4 is 17.9 Å². The molecule has 0 amide bonds. The van der Waals surface area contributed by atoms with Crippen molar-refractivity contribution < 1.29 is 28.6 Å². The molecule has 1 atom stereocenters. The molecule has 0 aliphatic rings. The Labute approximate surface area is 413 Å². The fraction of sp³-hybridized carbons (Fsp3) is 0.689. The van der Waals surface area contributed by atoms with E-state index in [2.05, 4.69) is 118 Å². The van der Waals surface area contributed by atoms with Crippen molar-refractivity contribution in [2.45, 2.75) is 258 Å². The van der Waals surface area contributed by atoms with Gasteiger partial charge in [0.15, 0.2) is 6.10 Å². The Kier molecular flexibility index (Phi) is 51.9. The summed E-state index contributed by atoms with van der Waals surface area (Å²) in [6, 6.07) is 0. The van der Waals surface area contributed by atoms with Crippen molar-refractivity contribution in [3.05, 3.63) is 97.2 Å². The summed E-state index contributed by atoms with van der Waals surface area (Å²) in [4.78, 5) is 38.1. The molecule has 0 heterocycles. The van der Waals surface area contributed by atoms with E-state index < -0.39 is 6.10 Å². The van der Waals surface area contributed by atoms with E-state index in [1.165, 1.54) is 122 Å². The van der Waals surface area contributed by atoms with Crippen molar-refractivity contribution in [2.75, 3.05) is 13.2 Å². The zero-order valence-corrected chi connectivity index (χ0v) is 43.6. The van der Waals surface area contributed by atoms with Crippen molar-refractivity contribution in [2.24, 2.45) is 0 Å². The summed E-state index contributed by atoms with van der Waals surface area (Å²) in [5.74, 6) is -1.01. The minimum absolute atomic E-state index is 0.113. The Hall–Kier alpha value is -3.67. The van der Waals surface area contributed by atoms with Crippen LogP contribution in [0.15, 0.2) is 97.2 Å². The maximum absolute atomic E-state index is 12.8. The van der Waals surface area contributed by atoms with Gasteiger partial charge in [-0.05, 0) is 122 Å². The molecule has 6 nitrogen and oxygen atoms in total. The van der Waals surface area contributed by atoms with E-state index in [0.29, 0.717) is 19.3 Å². The first kappa shape index (κ1) is 63.3. The number of hydrogen-bond acceptors (Lipinski definition) is 6. The molecule has 0 N–H and O–H groups in total. The summed E-state index contributed by atoms with van der Waals surface area (Å²) in [5.41, 5.74) is 0. The van der Waals surface area contributed by atoms with Crippen LogP contribution in [-0.4, -0.2) is 37.2 Å². The second-order valence-corrected chi connectivity index (χ2v) is 18.1. The lowest BCUT2D eigenvalue weighted by Crippen LogP contribution is -2.30. The molecule has 0 bridgehead atoms. The summed E-state index contributed by atoms with van der Waals surface area (Å²) < 4.78 is 16.8. The molecule has 0 rings (SSSR count). The minimum Gasteiger partial charge on any atom is -0.462 e. The molecule has 0 aromatic rings. The van der Waals surface area contributed by atoms with Gasteiger partial charge in [0.25, 0.3) is 0 Å². The Morgan fingerprint density at radius 2 is 0.552 bits per heavy atom. The number of carbonyl (C=O) groups excluding carboxylic acids is 3. The van der Waals surface area contributed by atoms with Gasteiger partial charge in [-0.15, -0.1) is 0 Å². The average Bonchev–Trinajstić information content (AvgIpc) is 3.33. The maximum atomic E-state index is 12.8. The zero-order valence-electron chi connectivity index (χ0n) is 43.6. The van der Waals surface area contributed by atoms with E-state index in [1.807, 2.05) is 0 Å². The van der Waals surface area contributed by atoms with Gasteiger partial charge in [-0.3, -0.25) is 14.4 Å². The standard InChI is InChI=1S/C61H102O6/c1-4-7-10-13-16-19-22-25-28-30-33-35-38-41-44-47-50-53-59(62)65-56-58(67-61(64)55-52-49-46-43-40-37-32-27-24-21-18-15-12-9-6-3)57-66-60(63)54-51-48-45-42-39-36-34-31-29-26-23-20-17-14-11-8-5-2/h16,18-19,21,25-29,32,34,36,40,42-43,45,58H,4-15,17,20,22-24,30-31,33,35,37-39,41,44,46-57H2,1-3H3/b19-16-,21-18-,28-25-,29-26-,32-27-,36-34-,43-40-,45-42-/t58-/m1/s1. The molecule has 0 fully saturated rings. The minimum atomic E-state index is -0.822. The van der Waals surface area contributed by atoms with Gasteiger partial charge in [0.1, 0.15) is 13.2 Å². The van der Waals surface area contributed by atoms with E-state index in [4.69, 9.17) is 14.2 Å². The van der Waals surface area contributed by atoms with Crippen LogP contribution in [0, 0.1) is 0 Å². The van der Waals surface area contributed by atoms with Crippen molar-refractivity contribution in [1.82, 2.24) is 0 Å². The highest BCUT2D eigenvalue weighted by Gasteiger charge is 2.19. The molecule has 0 aliphatic carbocycles. The van der Waals surface area contributed by atoms with Crippen LogP contribution < -0.4 is 0 Å². The van der Waals surface area contributed by atoms with Gasteiger partial charge in [0, 0.05) is 19.3 Å². The summed E-state index contributed by atoms with van der Waals surface area (Å²) >= 11 is 0. The summed E-state index contributed by atoms with van der Waals surface area (Å²) in [7, 11) is 0. The van der Waals surface area contributed by atoms with Crippen LogP contribution in [-0.2, 0) is 28.6 Å². The van der Waals surface area contributed by atoms with Crippen LogP contribution in [0.4, 0.5) is 0 Å². The van der Waals surface area contributed by atoms with Crippen molar-refractivity contribution in [3.8, 4) is 0 Å². The van der Waals surface area contributed by atoms with Gasteiger partial charge in [-0.25, -0.2) is 0 Å². The van der Waals surface area contributed by atoms with E-state index in [1.54, 1.807) is 0 Å². The maximum Gasteiger partial charge on any atom is 0.306 e. The predicted molar refractivity (Wildman–Crippen MR) is 288 cm³/mol. The van der Waals surface area contributed by atoms with Crippen LogP contribution in [0.2, 0.25) is 0 Å². The van der Waals surface area contributed by atoms with E-state index in [-0.39, 0.29) is 44.0 Å². The second kappa shape index (κ2) is 54.9. The Morgan fingerprint density at radius 1 is 0.299 bits per heavy atom. The lowest BCUT2D eigenvalue weighted by molar-refractivity contribution is -0.167. The first-order valence-corrected chi connectivity index (χ1v) is 27.7. The fourth-order valence-corrected chi connectivity index (χ4v) is 7.32. The van der Waals surface area contributed by atoms with Gasteiger partial charge in [0.2, 0.25) is 0 Å². The molecule has 0 saturated carbocycles. The largest absolute Gasteiger partial charge is 0.462 e. The quantitative estimate of drug-likeness (QED) is 0.0262.